The summed E-state index contributed by atoms with van der Waals surface area (Å²) in [6.07, 6.45) is 2.43. The molecule has 0 aliphatic rings. The minimum atomic E-state index is -0.0931. The van der Waals surface area contributed by atoms with Crippen LogP contribution in [0, 0.1) is 0 Å². The van der Waals surface area contributed by atoms with Crippen molar-refractivity contribution in [2.24, 2.45) is 0 Å². The van der Waals surface area contributed by atoms with Crippen molar-refractivity contribution in [1.29, 1.82) is 0 Å². The van der Waals surface area contributed by atoms with E-state index in [0.717, 1.165) is 46.8 Å². The van der Waals surface area contributed by atoms with Gasteiger partial charge in [-0.05, 0) is 74.0 Å². The SMILES string of the molecule is CC.CCCCC(=O)c1ccc2c(c1)c1cc(C(=O)c3ccc(O)cc3)ccc1n2CC. The van der Waals surface area contributed by atoms with E-state index in [1.807, 2.05) is 50.2 Å². The van der Waals surface area contributed by atoms with Crippen LogP contribution in [-0.2, 0) is 6.54 Å². The monoisotopic (exact) mass is 429 g/mol. The van der Waals surface area contributed by atoms with E-state index in [1.54, 1.807) is 12.1 Å². The van der Waals surface area contributed by atoms with Gasteiger partial charge in [0, 0.05) is 51.5 Å². The number of fused-ring (bicyclic) bond motifs is 3. The van der Waals surface area contributed by atoms with Gasteiger partial charge in [-0.3, -0.25) is 9.59 Å². The lowest BCUT2D eigenvalue weighted by atomic mass is 9.99. The summed E-state index contributed by atoms with van der Waals surface area (Å²) in [5.41, 5.74) is 3.95. The Labute approximate surface area is 189 Å². The Hall–Kier alpha value is -3.40. The predicted molar refractivity (Wildman–Crippen MR) is 132 cm³/mol. The van der Waals surface area contributed by atoms with Crippen molar-refractivity contribution in [3.8, 4) is 5.75 Å². The molecule has 4 rings (SSSR count). The number of hydrogen-bond acceptors (Lipinski definition) is 3. The van der Waals surface area contributed by atoms with Crippen molar-refractivity contribution in [2.45, 2.75) is 53.5 Å². The number of phenols is 1. The quantitative estimate of drug-likeness (QED) is 0.317. The Kier molecular flexibility index (Phi) is 7.47. The van der Waals surface area contributed by atoms with E-state index < -0.39 is 0 Å². The highest BCUT2D eigenvalue weighted by atomic mass is 16.3. The van der Waals surface area contributed by atoms with Crippen molar-refractivity contribution in [3.05, 3.63) is 77.4 Å². The summed E-state index contributed by atoms with van der Waals surface area (Å²) in [6.45, 7) is 8.97. The largest absolute Gasteiger partial charge is 0.508 e. The fraction of sp³-hybridized carbons (Fsp3) is 0.286. The summed E-state index contributed by atoms with van der Waals surface area (Å²) in [6, 6.07) is 17.9. The minimum Gasteiger partial charge on any atom is -0.508 e. The van der Waals surface area contributed by atoms with E-state index in [2.05, 4.69) is 18.4 Å². The molecule has 0 aliphatic heterocycles. The number of nitrogens with zero attached hydrogens (tertiary/aromatic N) is 1. The number of aromatic hydroxyl groups is 1. The molecule has 4 heteroatoms. The topological polar surface area (TPSA) is 59.3 Å². The van der Waals surface area contributed by atoms with Crippen molar-refractivity contribution < 1.29 is 14.7 Å². The van der Waals surface area contributed by atoms with E-state index >= 15 is 0 Å². The zero-order chi connectivity index (χ0) is 23.3. The first-order valence-corrected chi connectivity index (χ1v) is 11.5. The highest BCUT2D eigenvalue weighted by molar-refractivity contribution is 6.15. The molecule has 4 nitrogen and oxygen atoms in total. The summed E-state index contributed by atoms with van der Waals surface area (Å²) in [4.78, 5) is 25.5. The second kappa shape index (κ2) is 10.3. The number of aromatic nitrogens is 1. The van der Waals surface area contributed by atoms with Crippen LogP contribution < -0.4 is 0 Å². The number of unbranched alkanes of at least 4 members (excludes halogenated alkanes) is 1. The zero-order valence-corrected chi connectivity index (χ0v) is 19.3. The first-order valence-electron chi connectivity index (χ1n) is 11.5. The molecule has 0 aliphatic carbocycles. The third kappa shape index (κ3) is 4.45. The first-order chi connectivity index (χ1) is 15.5. The molecule has 0 unspecified atom stereocenters. The molecule has 32 heavy (non-hydrogen) atoms. The van der Waals surface area contributed by atoms with Crippen LogP contribution in [0.3, 0.4) is 0 Å². The molecule has 0 amide bonds. The van der Waals surface area contributed by atoms with Gasteiger partial charge in [-0.1, -0.05) is 27.2 Å². The van der Waals surface area contributed by atoms with Crippen molar-refractivity contribution in [2.75, 3.05) is 0 Å². The number of hydrogen-bond donors (Lipinski definition) is 1. The van der Waals surface area contributed by atoms with Crippen molar-refractivity contribution in [1.82, 2.24) is 4.57 Å². The Bertz CT molecular complexity index is 1250. The number of carbonyl (C=O) groups excluding carboxylic acids is 2. The number of aryl methyl sites for hydroxylation is 1. The fourth-order valence-corrected chi connectivity index (χ4v) is 4.02. The summed E-state index contributed by atoms with van der Waals surface area (Å²) < 4.78 is 2.21. The molecule has 3 aromatic carbocycles. The Balaban J connectivity index is 0.00000141. The third-order valence-electron chi connectivity index (χ3n) is 5.65. The summed E-state index contributed by atoms with van der Waals surface area (Å²) in [5, 5.41) is 11.5. The van der Waals surface area contributed by atoms with Gasteiger partial charge in [0.15, 0.2) is 11.6 Å². The molecule has 1 heterocycles. The number of benzene rings is 3. The first kappa shape index (κ1) is 23.3. The van der Waals surface area contributed by atoms with Gasteiger partial charge in [0.1, 0.15) is 5.75 Å². The molecule has 4 aromatic rings. The normalized spacial score (nSPS) is 10.8. The molecule has 0 saturated carbocycles. The van der Waals surface area contributed by atoms with Crippen LogP contribution in [0.2, 0.25) is 0 Å². The minimum absolute atomic E-state index is 0.0931. The number of rotatable bonds is 7. The second-order valence-corrected chi connectivity index (χ2v) is 7.61. The maximum absolute atomic E-state index is 13.0. The maximum atomic E-state index is 13.0. The number of carbonyl (C=O) groups is 2. The molecule has 1 N–H and O–H groups in total. The predicted octanol–water partition coefficient (Wildman–Crippen LogP) is 7.15. The fourth-order valence-electron chi connectivity index (χ4n) is 4.02. The Morgan fingerprint density at radius 2 is 1.31 bits per heavy atom. The second-order valence-electron chi connectivity index (χ2n) is 7.61. The molecule has 0 spiro atoms. The molecule has 0 fully saturated rings. The van der Waals surface area contributed by atoms with Crippen LogP contribution in [-0.4, -0.2) is 21.2 Å². The summed E-state index contributed by atoms with van der Waals surface area (Å²) >= 11 is 0. The van der Waals surface area contributed by atoms with Crippen LogP contribution in [0.15, 0.2) is 60.7 Å². The van der Waals surface area contributed by atoms with Crippen LogP contribution in [0.1, 0.15) is 73.2 Å². The van der Waals surface area contributed by atoms with Gasteiger partial charge in [0.25, 0.3) is 0 Å². The van der Waals surface area contributed by atoms with Gasteiger partial charge in [0.2, 0.25) is 0 Å². The van der Waals surface area contributed by atoms with Crippen LogP contribution >= 0.6 is 0 Å². The van der Waals surface area contributed by atoms with Gasteiger partial charge in [-0.2, -0.15) is 0 Å². The van der Waals surface area contributed by atoms with E-state index in [-0.39, 0.29) is 17.3 Å². The maximum Gasteiger partial charge on any atom is 0.193 e. The van der Waals surface area contributed by atoms with E-state index in [0.29, 0.717) is 17.5 Å². The third-order valence-corrected chi connectivity index (χ3v) is 5.65. The van der Waals surface area contributed by atoms with Gasteiger partial charge >= 0.3 is 0 Å². The lowest BCUT2D eigenvalue weighted by Crippen LogP contribution is -2.01. The van der Waals surface area contributed by atoms with E-state index in [9.17, 15) is 14.7 Å². The standard InChI is InChI=1S/C26H25NO3.C2H6/c1-3-5-6-25(29)18-9-13-23-21(15-18)22-16-19(10-14-24(22)27(23)4-2)26(30)17-7-11-20(28)12-8-17;1-2/h7-16,28H,3-6H2,1-2H3;1-2H3. The van der Waals surface area contributed by atoms with Crippen molar-refractivity contribution in [3.63, 3.8) is 0 Å². The van der Waals surface area contributed by atoms with Crippen LogP contribution in [0.5, 0.6) is 5.75 Å². The number of ketones is 2. The van der Waals surface area contributed by atoms with Gasteiger partial charge in [-0.15, -0.1) is 0 Å². The van der Waals surface area contributed by atoms with Crippen LogP contribution in [0.4, 0.5) is 0 Å². The highest BCUT2D eigenvalue weighted by Gasteiger charge is 2.16. The molecular formula is C28H31NO3. The van der Waals surface area contributed by atoms with E-state index in [4.69, 9.17) is 0 Å². The molecule has 166 valence electrons. The smallest absolute Gasteiger partial charge is 0.193 e. The van der Waals surface area contributed by atoms with Crippen molar-refractivity contribution >= 4 is 33.4 Å². The highest BCUT2D eigenvalue weighted by Crippen LogP contribution is 2.31. The lowest BCUT2D eigenvalue weighted by molar-refractivity contribution is 0.0979. The number of phenolic OH excluding ortho intramolecular Hbond substituents is 1. The summed E-state index contributed by atoms with van der Waals surface area (Å²) in [5.74, 6) is 0.199. The molecule has 1 aromatic heterocycles. The molecular weight excluding hydrogens is 398 g/mol. The molecule has 0 atom stereocenters. The van der Waals surface area contributed by atoms with Gasteiger partial charge in [-0.25, -0.2) is 0 Å². The molecule has 0 radical (unpaired) electrons. The Morgan fingerprint density at radius 3 is 1.88 bits per heavy atom. The molecule has 0 saturated heterocycles. The molecule has 0 bridgehead atoms. The van der Waals surface area contributed by atoms with Gasteiger partial charge < -0.3 is 9.67 Å². The van der Waals surface area contributed by atoms with Crippen LogP contribution in [0.25, 0.3) is 21.8 Å². The Morgan fingerprint density at radius 1 is 0.781 bits per heavy atom. The average Bonchev–Trinajstić information content (AvgIpc) is 3.16. The lowest BCUT2D eigenvalue weighted by Gasteiger charge is -2.05. The number of Topliss-reactive ketones (excluding diaryl/α,β-unsaturated/α-hetero) is 1. The summed E-state index contributed by atoms with van der Waals surface area (Å²) in [7, 11) is 0. The zero-order valence-electron chi connectivity index (χ0n) is 19.3. The van der Waals surface area contributed by atoms with E-state index in [1.165, 1.54) is 12.1 Å². The van der Waals surface area contributed by atoms with Gasteiger partial charge in [0.05, 0.1) is 0 Å². The average molecular weight is 430 g/mol.